The summed E-state index contributed by atoms with van der Waals surface area (Å²) < 4.78 is 10.6. The Morgan fingerprint density at radius 1 is 0.931 bits per heavy atom. The molecule has 0 saturated heterocycles. The zero-order valence-corrected chi connectivity index (χ0v) is 16.7. The Bertz CT molecular complexity index is 833. The highest BCUT2D eigenvalue weighted by molar-refractivity contribution is 5.96. The van der Waals surface area contributed by atoms with Crippen LogP contribution in [0.1, 0.15) is 43.5 Å². The summed E-state index contributed by atoms with van der Waals surface area (Å²) in [6.45, 7) is 3.75. The molecule has 0 aromatic heterocycles. The molecule has 0 saturated carbocycles. The van der Waals surface area contributed by atoms with Crippen molar-refractivity contribution >= 4 is 29.2 Å². The molecule has 0 radical (unpaired) electrons. The molecular formula is C22H26N2O5. The van der Waals surface area contributed by atoms with Gasteiger partial charge in [-0.2, -0.15) is 0 Å². The van der Waals surface area contributed by atoms with Crippen LogP contribution in [0, 0.1) is 0 Å². The maximum absolute atomic E-state index is 12.1. The number of hydrogen-bond donors (Lipinski definition) is 2. The Balaban J connectivity index is 1.79. The van der Waals surface area contributed by atoms with Gasteiger partial charge in [-0.25, -0.2) is 4.79 Å². The Morgan fingerprint density at radius 2 is 1.62 bits per heavy atom. The highest BCUT2D eigenvalue weighted by Gasteiger charge is 2.11. The number of anilines is 2. The molecule has 7 nitrogen and oxygen atoms in total. The number of amides is 2. The number of esters is 1. The highest BCUT2D eigenvalue weighted by atomic mass is 16.5. The fourth-order valence-corrected chi connectivity index (χ4v) is 2.52. The largest absolute Gasteiger partial charge is 0.494 e. The smallest absolute Gasteiger partial charge is 0.338 e. The van der Waals surface area contributed by atoms with Gasteiger partial charge in [-0.3, -0.25) is 9.59 Å². The summed E-state index contributed by atoms with van der Waals surface area (Å²) >= 11 is 0. The molecule has 2 aromatic carbocycles. The Morgan fingerprint density at radius 3 is 2.28 bits per heavy atom. The van der Waals surface area contributed by atoms with Gasteiger partial charge in [-0.1, -0.05) is 25.8 Å². The summed E-state index contributed by atoms with van der Waals surface area (Å²) in [4.78, 5) is 35.2. The maximum Gasteiger partial charge on any atom is 0.338 e. The Kier molecular flexibility index (Phi) is 8.69. The van der Waals surface area contributed by atoms with Gasteiger partial charge < -0.3 is 20.1 Å². The lowest BCUT2D eigenvalue weighted by Gasteiger charge is -2.09. The van der Waals surface area contributed by atoms with Crippen molar-refractivity contribution < 1.29 is 23.9 Å². The molecule has 0 unspecified atom stereocenters. The number of ether oxygens (including phenoxy) is 2. The first-order chi connectivity index (χ1) is 14.0. The van der Waals surface area contributed by atoms with E-state index in [1.807, 2.05) is 0 Å². The number of unbranched alkanes of at least 4 members (excludes halogenated alkanes) is 2. The third-order valence-electron chi connectivity index (χ3n) is 3.91. The minimum absolute atomic E-state index is 0.209. The van der Waals surface area contributed by atoms with Crippen LogP contribution >= 0.6 is 0 Å². The van der Waals surface area contributed by atoms with Crippen LogP contribution < -0.4 is 15.4 Å². The quantitative estimate of drug-likeness (QED) is 0.466. The van der Waals surface area contributed by atoms with Crippen LogP contribution in [0.3, 0.4) is 0 Å². The first-order valence-electron chi connectivity index (χ1n) is 9.55. The van der Waals surface area contributed by atoms with E-state index in [9.17, 15) is 14.4 Å². The average Bonchev–Trinajstić information content (AvgIpc) is 2.70. The zero-order chi connectivity index (χ0) is 21.1. The Labute approximate surface area is 170 Å². The number of hydrogen-bond acceptors (Lipinski definition) is 5. The number of carbonyl (C=O) groups excluding carboxylic acids is 3. The van der Waals surface area contributed by atoms with Crippen LogP contribution in [0.4, 0.5) is 11.4 Å². The zero-order valence-electron chi connectivity index (χ0n) is 16.7. The first-order valence-corrected chi connectivity index (χ1v) is 9.55. The van der Waals surface area contributed by atoms with Crippen molar-refractivity contribution in [2.45, 2.75) is 33.1 Å². The first kappa shape index (κ1) is 21.9. The molecule has 0 fully saturated rings. The predicted octanol–water partition coefficient (Wildman–Crippen LogP) is 4.01. The molecule has 7 heteroatoms. The van der Waals surface area contributed by atoms with Crippen LogP contribution in [-0.2, 0) is 14.3 Å². The van der Waals surface area contributed by atoms with Gasteiger partial charge >= 0.3 is 5.97 Å². The summed E-state index contributed by atoms with van der Waals surface area (Å²) in [6.07, 6.45) is 3.23. The molecule has 2 aromatic rings. The molecule has 0 heterocycles. The van der Waals surface area contributed by atoms with E-state index in [-0.39, 0.29) is 5.91 Å². The third-order valence-corrected chi connectivity index (χ3v) is 3.91. The van der Waals surface area contributed by atoms with E-state index in [4.69, 9.17) is 9.47 Å². The molecule has 0 aliphatic rings. The molecule has 2 amide bonds. The van der Waals surface area contributed by atoms with Gasteiger partial charge in [-0.05, 0) is 48.9 Å². The van der Waals surface area contributed by atoms with Crippen molar-refractivity contribution in [2.24, 2.45) is 0 Å². The summed E-state index contributed by atoms with van der Waals surface area (Å²) in [6, 6.07) is 13.3. The number of nitrogens with one attached hydrogen (secondary N) is 2. The molecule has 0 atom stereocenters. The van der Waals surface area contributed by atoms with Gasteiger partial charge in [0.05, 0.1) is 12.2 Å². The fraction of sp³-hybridized carbons (Fsp3) is 0.318. The molecule has 2 N–H and O–H groups in total. The minimum Gasteiger partial charge on any atom is -0.494 e. The van der Waals surface area contributed by atoms with Crippen molar-refractivity contribution in [3.63, 3.8) is 0 Å². The van der Waals surface area contributed by atoms with Crippen LogP contribution in [0.15, 0.2) is 48.5 Å². The van der Waals surface area contributed by atoms with Gasteiger partial charge in [0.25, 0.3) is 5.91 Å². The Hall–Kier alpha value is -3.35. The molecule has 2 rings (SSSR count). The lowest BCUT2D eigenvalue weighted by atomic mass is 10.2. The molecule has 0 aliphatic heterocycles. The van der Waals surface area contributed by atoms with E-state index >= 15 is 0 Å². The predicted molar refractivity (Wildman–Crippen MR) is 111 cm³/mol. The van der Waals surface area contributed by atoms with E-state index in [0.29, 0.717) is 29.3 Å². The monoisotopic (exact) mass is 398 g/mol. The van der Waals surface area contributed by atoms with Gasteiger partial charge in [0.15, 0.2) is 6.61 Å². The molecule has 0 bridgehead atoms. The molecular weight excluding hydrogens is 372 g/mol. The van der Waals surface area contributed by atoms with Crippen molar-refractivity contribution in [3.8, 4) is 5.75 Å². The molecule has 0 aliphatic carbocycles. The van der Waals surface area contributed by atoms with E-state index in [2.05, 4.69) is 17.6 Å². The number of rotatable bonds is 10. The second-order valence-corrected chi connectivity index (χ2v) is 6.47. The minimum atomic E-state index is -0.593. The number of carbonyl (C=O) groups is 3. The third kappa shape index (κ3) is 8.04. The molecule has 0 spiro atoms. The highest BCUT2D eigenvalue weighted by Crippen LogP contribution is 2.16. The van der Waals surface area contributed by atoms with Crippen LogP contribution in [0.5, 0.6) is 5.75 Å². The van der Waals surface area contributed by atoms with Gasteiger partial charge in [0, 0.05) is 18.3 Å². The van der Waals surface area contributed by atoms with Crippen LogP contribution in [0.25, 0.3) is 0 Å². The second kappa shape index (κ2) is 11.5. The standard InChI is InChI=1S/C22H26N2O5/c1-3-4-5-13-28-20-11-9-17(10-12-20)22(27)29-15-21(26)24-19-8-6-7-18(14-19)23-16(2)25/h6-12,14H,3-5,13,15H2,1-2H3,(H,23,25)(H,24,26). The van der Waals surface area contributed by atoms with Crippen LogP contribution in [0.2, 0.25) is 0 Å². The topological polar surface area (TPSA) is 93.7 Å². The summed E-state index contributed by atoms with van der Waals surface area (Å²) in [5.41, 5.74) is 1.39. The normalized spacial score (nSPS) is 10.1. The lowest BCUT2D eigenvalue weighted by Crippen LogP contribution is -2.21. The summed E-state index contributed by atoms with van der Waals surface area (Å²) in [5.74, 6) is -0.590. The maximum atomic E-state index is 12.1. The SMILES string of the molecule is CCCCCOc1ccc(C(=O)OCC(=O)Nc2cccc(NC(C)=O)c2)cc1. The van der Waals surface area contributed by atoms with Crippen molar-refractivity contribution in [2.75, 3.05) is 23.8 Å². The van der Waals surface area contributed by atoms with Gasteiger partial charge in [0.2, 0.25) is 5.91 Å². The summed E-state index contributed by atoms with van der Waals surface area (Å²) in [5, 5.41) is 5.25. The van der Waals surface area contributed by atoms with E-state index in [1.54, 1.807) is 48.5 Å². The average molecular weight is 398 g/mol. The van der Waals surface area contributed by atoms with Gasteiger partial charge in [0.1, 0.15) is 5.75 Å². The van der Waals surface area contributed by atoms with E-state index < -0.39 is 18.5 Å². The van der Waals surface area contributed by atoms with E-state index in [0.717, 1.165) is 19.3 Å². The van der Waals surface area contributed by atoms with Crippen molar-refractivity contribution in [1.82, 2.24) is 0 Å². The van der Waals surface area contributed by atoms with Crippen molar-refractivity contribution in [3.05, 3.63) is 54.1 Å². The number of benzene rings is 2. The fourth-order valence-electron chi connectivity index (χ4n) is 2.52. The summed E-state index contributed by atoms with van der Waals surface area (Å²) in [7, 11) is 0. The van der Waals surface area contributed by atoms with Crippen molar-refractivity contribution in [1.29, 1.82) is 0 Å². The molecule has 154 valence electrons. The van der Waals surface area contributed by atoms with E-state index in [1.165, 1.54) is 6.92 Å². The lowest BCUT2D eigenvalue weighted by molar-refractivity contribution is -0.119. The second-order valence-electron chi connectivity index (χ2n) is 6.47. The van der Waals surface area contributed by atoms with Crippen LogP contribution in [-0.4, -0.2) is 31.0 Å². The molecule has 29 heavy (non-hydrogen) atoms. The van der Waals surface area contributed by atoms with Gasteiger partial charge in [-0.15, -0.1) is 0 Å².